The van der Waals surface area contributed by atoms with Gasteiger partial charge in [0.05, 0.1) is 5.69 Å². The number of aromatic hydroxyl groups is 1. The standard InChI is InChI=1S/C17H14N2O3/c1-10-5-3-4-6-14(10)18-19-16-11(2)13-8-7-12(20)9-15(13)22-17(16)21/h3-9,20H,1-2H3. The smallest absolute Gasteiger partial charge is 0.364 e. The van der Waals surface area contributed by atoms with Crippen LogP contribution in [0.25, 0.3) is 11.0 Å². The average Bonchev–Trinajstić information content (AvgIpc) is 2.48. The molecule has 0 atom stereocenters. The van der Waals surface area contributed by atoms with Gasteiger partial charge in [-0.25, -0.2) is 4.79 Å². The third-order valence-corrected chi connectivity index (χ3v) is 3.49. The Balaban J connectivity index is 2.14. The van der Waals surface area contributed by atoms with Gasteiger partial charge in [0, 0.05) is 11.5 Å². The molecule has 0 amide bonds. The second kappa shape index (κ2) is 5.44. The summed E-state index contributed by atoms with van der Waals surface area (Å²) in [4.78, 5) is 12.1. The zero-order chi connectivity index (χ0) is 15.7. The average molecular weight is 294 g/mol. The molecule has 110 valence electrons. The van der Waals surface area contributed by atoms with Gasteiger partial charge >= 0.3 is 5.63 Å². The summed E-state index contributed by atoms with van der Waals surface area (Å²) in [5.41, 5.74) is 2.27. The number of phenolic OH excluding ortho intramolecular Hbond substituents is 1. The summed E-state index contributed by atoms with van der Waals surface area (Å²) in [6, 6.07) is 12.2. The molecular weight excluding hydrogens is 280 g/mol. The molecule has 0 saturated heterocycles. The minimum atomic E-state index is -0.576. The van der Waals surface area contributed by atoms with Crippen LogP contribution in [0, 0.1) is 13.8 Å². The minimum Gasteiger partial charge on any atom is -0.508 e. The number of fused-ring (bicyclic) bond motifs is 1. The van der Waals surface area contributed by atoms with Gasteiger partial charge in [0.1, 0.15) is 11.3 Å². The molecule has 0 aliphatic heterocycles. The lowest BCUT2D eigenvalue weighted by Crippen LogP contribution is -2.00. The van der Waals surface area contributed by atoms with E-state index in [-0.39, 0.29) is 11.4 Å². The van der Waals surface area contributed by atoms with Gasteiger partial charge in [-0.1, -0.05) is 18.2 Å². The van der Waals surface area contributed by atoms with Crippen molar-refractivity contribution in [2.75, 3.05) is 0 Å². The SMILES string of the molecule is Cc1ccccc1N=Nc1c(C)c2ccc(O)cc2oc1=O. The maximum absolute atomic E-state index is 12.1. The van der Waals surface area contributed by atoms with Crippen molar-refractivity contribution < 1.29 is 9.52 Å². The van der Waals surface area contributed by atoms with Crippen LogP contribution in [0.5, 0.6) is 5.75 Å². The number of azo groups is 1. The van der Waals surface area contributed by atoms with Crippen LogP contribution >= 0.6 is 0 Å². The van der Waals surface area contributed by atoms with E-state index in [2.05, 4.69) is 10.2 Å². The van der Waals surface area contributed by atoms with Crippen LogP contribution in [0.15, 0.2) is 61.9 Å². The highest BCUT2D eigenvalue weighted by Gasteiger charge is 2.11. The van der Waals surface area contributed by atoms with Gasteiger partial charge in [-0.05, 0) is 43.2 Å². The second-order valence-corrected chi connectivity index (χ2v) is 5.03. The summed E-state index contributed by atoms with van der Waals surface area (Å²) in [7, 11) is 0. The highest BCUT2D eigenvalue weighted by Crippen LogP contribution is 2.28. The molecule has 0 aliphatic carbocycles. The van der Waals surface area contributed by atoms with Crippen LogP contribution in [0.4, 0.5) is 11.4 Å². The summed E-state index contributed by atoms with van der Waals surface area (Å²) >= 11 is 0. The maximum atomic E-state index is 12.1. The van der Waals surface area contributed by atoms with Crippen molar-refractivity contribution in [3.05, 3.63) is 64.0 Å². The van der Waals surface area contributed by atoms with E-state index < -0.39 is 5.63 Å². The van der Waals surface area contributed by atoms with E-state index >= 15 is 0 Å². The first-order valence-corrected chi connectivity index (χ1v) is 6.80. The first-order chi connectivity index (χ1) is 10.6. The van der Waals surface area contributed by atoms with Crippen LogP contribution in [0.2, 0.25) is 0 Å². The molecule has 3 rings (SSSR count). The van der Waals surface area contributed by atoms with Gasteiger partial charge in [-0.3, -0.25) is 0 Å². The van der Waals surface area contributed by atoms with Gasteiger partial charge in [0.2, 0.25) is 0 Å². The fourth-order valence-electron chi connectivity index (χ4n) is 2.23. The van der Waals surface area contributed by atoms with Gasteiger partial charge in [0.25, 0.3) is 0 Å². The molecule has 0 fully saturated rings. The topological polar surface area (TPSA) is 75.2 Å². The highest BCUT2D eigenvalue weighted by atomic mass is 16.4. The lowest BCUT2D eigenvalue weighted by Gasteiger charge is -2.04. The largest absolute Gasteiger partial charge is 0.508 e. The summed E-state index contributed by atoms with van der Waals surface area (Å²) in [5.74, 6) is 0.0457. The fourth-order valence-corrected chi connectivity index (χ4v) is 2.23. The molecule has 1 N–H and O–H groups in total. The van der Waals surface area contributed by atoms with Crippen molar-refractivity contribution in [3.8, 4) is 5.75 Å². The Morgan fingerprint density at radius 2 is 1.82 bits per heavy atom. The maximum Gasteiger partial charge on any atom is 0.364 e. The molecule has 0 saturated carbocycles. The normalized spacial score (nSPS) is 11.4. The molecule has 0 aliphatic rings. The molecule has 0 spiro atoms. The van der Waals surface area contributed by atoms with Crippen molar-refractivity contribution in [3.63, 3.8) is 0 Å². The molecule has 5 heteroatoms. The van der Waals surface area contributed by atoms with E-state index in [1.54, 1.807) is 13.0 Å². The Morgan fingerprint density at radius 1 is 1.05 bits per heavy atom. The van der Waals surface area contributed by atoms with Crippen LogP contribution in [0.3, 0.4) is 0 Å². The van der Waals surface area contributed by atoms with Crippen molar-refractivity contribution >= 4 is 22.3 Å². The van der Waals surface area contributed by atoms with Crippen LogP contribution < -0.4 is 5.63 Å². The molecule has 1 aromatic heterocycles. The van der Waals surface area contributed by atoms with E-state index in [4.69, 9.17) is 4.42 Å². The molecule has 0 unspecified atom stereocenters. The third kappa shape index (κ3) is 2.48. The Kier molecular flexibility index (Phi) is 3.47. The Labute approximate surface area is 126 Å². The van der Waals surface area contributed by atoms with E-state index in [0.29, 0.717) is 16.8 Å². The third-order valence-electron chi connectivity index (χ3n) is 3.49. The summed E-state index contributed by atoms with van der Waals surface area (Å²) in [5, 5.41) is 18.4. The van der Waals surface area contributed by atoms with Crippen molar-refractivity contribution in [1.29, 1.82) is 0 Å². The number of rotatable bonds is 2. The zero-order valence-corrected chi connectivity index (χ0v) is 12.2. The monoisotopic (exact) mass is 294 g/mol. The molecule has 2 aromatic carbocycles. The number of hydrogen-bond acceptors (Lipinski definition) is 5. The summed E-state index contributed by atoms with van der Waals surface area (Å²) in [6.07, 6.45) is 0. The number of nitrogens with zero attached hydrogens (tertiary/aromatic N) is 2. The predicted molar refractivity (Wildman–Crippen MR) is 84.2 cm³/mol. The first kappa shape index (κ1) is 14.0. The molecule has 5 nitrogen and oxygen atoms in total. The van der Waals surface area contributed by atoms with Crippen LogP contribution in [0.1, 0.15) is 11.1 Å². The van der Waals surface area contributed by atoms with Crippen molar-refractivity contribution in [1.82, 2.24) is 0 Å². The number of aryl methyl sites for hydroxylation is 2. The lowest BCUT2D eigenvalue weighted by atomic mass is 10.1. The van der Waals surface area contributed by atoms with Gasteiger partial charge in [0.15, 0.2) is 5.69 Å². The molecule has 3 aromatic rings. The molecular formula is C17H14N2O3. The molecule has 0 radical (unpaired) electrons. The highest BCUT2D eigenvalue weighted by molar-refractivity contribution is 5.84. The van der Waals surface area contributed by atoms with Gasteiger partial charge in [-0.2, -0.15) is 5.11 Å². The fraction of sp³-hybridized carbons (Fsp3) is 0.118. The van der Waals surface area contributed by atoms with E-state index in [1.165, 1.54) is 12.1 Å². The van der Waals surface area contributed by atoms with Crippen LogP contribution in [-0.2, 0) is 0 Å². The van der Waals surface area contributed by atoms with Crippen molar-refractivity contribution in [2.24, 2.45) is 10.2 Å². The lowest BCUT2D eigenvalue weighted by molar-refractivity contribution is 0.473. The first-order valence-electron chi connectivity index (χ1n) is 6.80. The van der Waals surface area contributed by atoms with Crippen molar-refractivity contribution in [2.45, 2.75) is 13.8 Å². The Morgan fingerprint density at radius 3 is 2.59 bits per heavy atom. The molecule has 22 heavy (non-hydrogen) atoms. The predicted octanol–water partition coefficient (Wildman–Crippen LogP) is 4.53. The van der Waals surface area contributed by atoms with Crippen LogP contribution in [-0.4, -0.2) is 5.11 Å². The van der Waals surface area contributed by atoms with E-state index in [9.17, 15) is 9.90 Å². The van der Waals surface area contributed by atoms with E-state index in [0.717, 1.165) is 10.9 Å². The Hall–Kier alpha value is -2.95. The Bertz CT molecular complexity index is 942. The number of hydrogen-bond donors (Lipinski definition) is 1. The summed E-state index contributed by atoms with van der Waals surface area (Å²) < 4.78 is 5.20. The number of benzene rings is 2. The molecule has 0 bridgehead atoms. The van der Waals surface area contributed by atoms with Gasteiger partial charge < -0.3 is 9.52 Å². The number of phenols is 1. The zero-order valence-electron chi connectivity index (χ0n) is 12.2. The summed E-state index contributed by atoms with van der Waals surface area (Å²) in [6.45, 7) is 3.70. The van der Waals surface area contributed by atoms with Gasteiger partial charge in [-0.15, -0.1) is 5.11 Å². The minimum absolute atomic E-state index is 0.0457. The quantitative estimate of drug-likeness (QED) is 0.557. The van der Waals surface area contributed by atoms with E-state index in [1.807, 2.05) is 31.2 Å². The second-order valence-electron chi connectivity index (χ2n) is 5.03. The molecule has 1 heterocycles.